The molecule has 3 aliphatic heterocycles. The molecule has 3 rings (SSSR count). The van der Waals surface area contributed by atoms with E-state index in [1.54, 1.807) is 64.9 Å². The van der Waals surface area contributed by atoms with E-state index in [0.29, 0.717) is 12.7 Å². The van der Waals surface area contributed by atoms with Gasteiger partial charge < -0.3 is 62.5 Å². The zero-order valence-electron chi connectivity index (χ0n) is 36.3. The Morgan fingerprint density at radius 3 is 2.22 bits per heavy atom. The van der Waals surface area contributed by atoms with Crippen LogP contribution >= 0.6 is 0 Å². The Kier molecular flexibility index (Phi) is 19.6. The largest absolute Gasteiger partial charge is 0.462 e. The Labute approximate surface area is 347 Å². The first-order valence-corrected chi connectivity index (χ1v) is 20.4. The molecule has 3 heterocycles. The van der Waals surface area contributed by atoms with E-state index in [2.05, 4.69) is 0 Å². The highest BCUT2D eigenvalue weighted by Gasteiger charge is 2.53. The van der Waals surface area contributed by atoms with E-state index in [1.807, 2.05) is 13.0 Å². The first kappa shape index (κ1) is 50.1. The van der Waals surface area contributed by atoms with Crippen LogP contribution in [-0.4, -0.2) is 152 Å². The molecule has 2 N–H and O–H groups in total. The van der Waals surface area contributed by atoms with E-state index in [0.717, 1.165) is 0 Å². The average Bonchev–Trinajstić information content (AvgIpc) is 3.12. The van der Waals surface area contributed by atoms with Gasteiger partial charge in [-0.2, -0.15) is 0 Å². The molecule has 0 aromatic rings. The Morgan fingerprint density at radius 2 is 1.64 bits per heavy atom. The van der Waals surface area contributed by atoms with Crippen molar-refractivity contribution < 1.29 is 76.8 Å². The summed E-state index contributed by atoms with van der Waals surface area (Å²) in [5.41, 5.74) is -1.50. The first-order chi connectivity index (χ1) is 27.7. The fourth-order valence-electron chi connectivity index (χ4n) is 8.12. The molecule has 2 fully saturated rings. The van der Waals surface area contributed by atoms with Crippen LogP contribution in [0.15, 0.2) is 24.3 Å². The summed E-state index contributed by atoms with van der Waals surface area (Å²) in [5.74, 6) is -3.49. The van der Waals surface area contributed by atoms with Crippen LogP contribution in [0.1, 0.15) is 93.9 Å². The van der Waals surface area contributed by atoms with Crippen LogP contribution in [0.25, 0.3) is 0 Å². The summed E-state index contributed by atoms with van der Waals surface area (Å²) in [5, 5.41) is 23.4. The predicted octanol–water partition coefficient (Wildman–Crippen LogP) is 2.95. The molecule has 336 valence electrons. The van der Waals surface area contributed by atoms with Gasteiger partial charge in [0, 0.05) is 46.6 Å². The smallest absolute Gasteiger partial charge is 0.309 e. The number of ether oxygens (including phenoxy) is 9. The van der Waals surface area contributed by atoms with Crippen molar-refractivity contribution in [3.05, 3.63) is 24.3 Å². The lowest BCUT2D eigenvalue weighted by molar-refractivity contribution is -0.344. The molecule has 0 aliphatic carbocycles. The predicted molar refractivity (Wildman–Crippen MR) is 210 cm³/mol. The maximum absolute atomic E-state index is 13.3. The first-order valence-electron chi connectivity index (χ1n) is 20.4. The summed E-state index contributed by atoms with van der Waals surface area (Å²) in [6.07, 6.45) is -4.10. The van der Waals surface area contributed by atoms with Gasteiger partial charge in [-0.3, -0.25) is 19.2 Å². The molecule has 0 spiro atoms. The molecule has 0 aromatic carbocycles. The number of likely N-dealkylation sites (N-methyl/N-ethyl adjacent to an activating group) is 1. The van der Waals surface area contributed by atoms with Crippen molar-refractivity contribution in [1.29, 1.82) is 0 Å². The van der Waals surface area contributed by atoms with Crippen LogP contribution in [0, 0.1) is 11.8 Å². The molecule has 59 heavy (non-hydrogen) atoms. The van der Waals surface area contributed by atoms with E-state index >= 15 is 0 Å². The third-order valence-electron chi connectivity index (χ3n) is 10.9. The number of cyclic esters (lactones) is 1. The number of hydrogen-bond donors (Lipinski definition) is 2. The van der Waals surface area contributed by atoms with Gasteiger partial charge >= 0.3 is 23.9 Å². The molecule has 0 amide bonds. The molecular formula is C42H67NO16. The quantitative estimate of drug-likeness (QED) is 0.164. The molecular weight excluding hydrogens is 774 g/mol. The fraction of sp³-hybridized carbons (Fsp3) is 0.786. The van der Waals surface area contributed by atoms with Crippen molar-refractivity contribution in [3.63, 3.8) is 0 Å². The summed E-state index contributed by atoms with van der Waals surface area (Å²) in [4.78, 5) is 64.4. The van der Waals surface area contributed by atoms with Crippen LogP contribution in [0.5, 0.6) is 0 Å². The lowest BCUT2D eigenvalue weighted by Gasteiger charge is -2.50. The van der Waals surface area contributed by atoms with Crippen molar-refractivity contribution in [1.82, 2.24) is 4.90 Å². The number of hydrogen-bond acceptors (Lipinski definition) is 17. The Balaban J connectivity index is 2.07. The summed E-state index contributed by atoms with van der Waals surface area (Å²) >= 11 is 0. The molecule has 3 aliphatic rings. The maximum Gasteiger partial charge on any atom is 0.309 e. The van der Waals surface area contributed by atoms with E-state index in [4.69, 9.17) is 42.6 Å². The van der Waals surface area contributed by atoms with E-state index < -0.39 is 127 Å². The number of methoxy groups -OCH3 is 1. The molecule has 0 bridgehead atoms. The van der Waals surface area contributed by atoms with Gasteiger partial charge in [0.25, 0.3) is 0 Å². The zero-order chi connectivity index (χ0) is 44.2. The second-order valence-corrected chi connectivity index (χ2v) is 16.3. The number of allylic oxidation sites excluding steroid dienone is 2. The molecule has 0 saturated carbocycles. The van der Waals surface area contributed by atoms with Crippen LogP contribution < -0.4 is 0 Å². The maximum atomic E-state index is 13.3. The minimum atomic E-state index is -1.50. The third kappa shape index (κ3) is 14.4. The van der Waals surface area contributed by atoms with Crippen molar-refractivity contribution in [2.24, 2.45) is 11.8 Å². The lowest BCUT2D eigenvalue weighted by atomic mass is 9.82. The monoisotopic (exact) mass is 841 g/mol. The van der Waals surface area contributed by atoms with Crippen molar-refractivity contribution in [2.45, 2.75) is 179 Å². The second kappa shape index (κ2) is 23.1. The third-order valence-corrected chi connectivity index (χ3v) is 10.9. The Morgan fingerprint density at radius 1 is 0.966 bits per heavy atom. The molecule has 0 aromatic heterocycles. The van der Waals surface area contributed by atoms with E-state index in [1.165, 1.54) is 27.9 Å². The number of nitrogens with zero attached hydrogens (tertiary/aromatic N) is 1. The van der Waals surface area contributed by atoms with Crippen molar-refractivity contribution in [2.75, 3.05) is 21.2 Å². The van der Waals surface area contributed by atoms with E-state index in [-0.39, 0.29) is 25.7 Å². The molecule has 16 atom stereocenters. The fourth-order valence-corrected chi connectivity index (χ4v) is 8.12. The van der Waals surface area contributed by atoms with Gasteiger partial charge in [0.2, 0.25) is 0 Å². The number of esters is 4. The van der Waals surface area contributed by atoms with Gasteiger partial charge in [-0.05, 0) is 66.1 Å². The highest BCUT2D eigenvalue weighted by atomic mass is 16.7. The van der Waals surface area contributed by atoms with Gasteiger partial charge in [0.15, 0.2) is 18.7 Å². The van der Waals surface area contributed by atoms with Gasteiger partial charge in [-0.1, -0.05) is 32.1 Å². The number of carbonyl (C=O) groups excluding carboxylic acids is 5. The minimum absolute atomic E-state index is 0.0589. The van der Waals surface area contributed by atoms with Crippen molar-refractivity contribution in [3.8, 4) is 0 Å². The number of aliphatic hydroxyl groups is 2. The summed E-state index contributed by atoms with van der Waals surface area (Å²) in [6.45, 7) is 12.6. The lowest BCUT2D eigenvalue weighted by Crippen LogP contribution is -2.66. The summed E-state index contributed by atoms with van der Waals surface area (Å²) in [7, 11) is 4.83. The van der Waals surface area contributed by atoms with E-state index in [9.17, 15) is 34.2 Å². The zero-order valence-corrected chi connectivity index (χ0v) is 36.3. The number of aliphatic hydroxyl groups excluding tert-OH is 1. The number of carbonyl (C=O) groups is 5. The standard InChI is InChI=1S/C42H67NO16/c1-12-32(47)57-30-17-15-13-14-16-24(3)52-33(48)21-31(55-27(6)45)39(51-11)38(29(18-19-44)20-23(30)2)59-41-36(49)35(43(9)10)37(25(4)54-41)58-34-22-42(8,50)40(26(5)53-34)56-28(7)46/h13-15,17,19,23-26,29-31,34-41,49-50H,12,16,18,20-22H2,1-11H3/b14-13+,17-15+/t23-,24-,25-,26+,29+,30+,31?,34+,35-,36-,37-,38+,39+,40+,41+,42-/m1/s1. The molecule has 17 heteroatoms. The minimum Gasteiger partial charge on any atom is -0.462 e. The highest BCUT2D eigenvalue weighted by Crippen LogP contribution is 2.38. The topological polar surface area (TPSA) is 212 Å². The number of aldehydes is 1. The van der Waals surface area contributed by atoms with Crippen LogP contribution in [0.3, 0.4) is 0 Å². The normalized spacial score (nSPS) is 40.0. The van der Waals surface area contributed by atoms with Gasteiger partial charge in [-0.25, -0.2) is 0 Å². The summed E-state index contributed by atoms with van der Waals surface area (Å²) in [6, 6.07) is -0.800. The van der Waals surface area contributed by atoms with Crippen LogP contribution in [0.4, 0.5) is 0 Å². The summed E-state index contributed by atoms with van der Waals surface area (Å²) < 4.78 is 54.1. The molecule has 2 saturated heterocycles. The average molecular weight is 842 g/mol. The van der Waals surface area contributed by atoms with Crippen molar-refractivity contribution >= 4 is 30.2 Å². The van der Waals surface area contributed by atoms with Gasteiger partial charge in [0.05, 0.1) is 30.8 Å². The molecule has 1 unspecified atom stereocenters. The van der Waals surface area contributed by atoms with Gasteiger partial charge in [0.1, 0.15) is 48.5 Å². The SMILES string of the molecule is CCC(=O)O[C@H]1/C=C/C=C/C[C@@H](C)OC(=O)CC(OC(C)=O)[C@H](OC)[C@@H](O[C@@H]2O[C@H](C)[C@@H](O[C@H]3C[C@@](C)(O)[C@@H](OC(C)=O)[C@H](C)O3)[C@H](N(C)C)[C@H]2O)[C@@H](CC=O)C[C@H]1C. The van der Waals surface area contributed by atoms with Crippen LogP contribution in [0.2, 0.25) is 0 Å². The Hall–Kier alpha value is -3.29. The second-order valence-electron chi connectivity index (χ2n) is 16.3. The molecule has 17 nitrogen and oxygen atoms in total. The highest BCUT2D eigenvalue weighted by molar-refractivity contribution is 5.72. The molecule has 0 radical (unpaired) electrons. The van der Waals surface area contributed by atoms with Crippen LogP contribution in [-0.2, 0) is 66.6 Å². The Bertz CT molecular complexity index is 1450. The van der Waals surface area contributed by atoms with Gasteiger partial charge in [-0.15, -0.1) is 0 Å². The number of rotatable bonds is 12.